The van der Waals surface area contributed by atoms with Gasteiger partial charge in [0.2, 0.25) is 9.84 Å². The lowest BCUT2D eigenvalue weighted by atomic mass is 9.79. The molecule has 126 valence electrons. The van der Waals surface area contributed by atoms with Gasteiger partial charge in [-0.3, -0.25) is 0 Å². The zero-order valence-corrected chi connectivity index (χ0v) is 13.7. The van der Waals surface area contributed by atoms with Gasteiger partial charge in [-0.25, -0.2) is 8.42 Å². The van der Waals surface area contributed by atoms with Crippen LogP contribution in [-0.4, -0.2) is 32.4 Å². The first-order valence-electron chi connectivity index (χ1n) is 7.28. The minimum absolute atomic E-state index is 0.0392. The molecular weight excluding hydrogens is 312 g/mol. The highest BCUT2D eigenvalue weighted by Gasteiger charge is 2.27. The largest absolute Gasteiger partial charge is 0.396 e. The molecule has 0 saturated heterocycles. The van der Waals surface area contributed by atoms with E-state index in [1.165, 1.54) is 24.3 Å². The maximum Gasteiger partial charge on any atom is 0.341 e. The third kappa shape index (κ3) is 4.39. The topological polar surface area (TPSA) is 66.4 Å². The number of rotatable bonds is 9. The molecule has 4 nitrogen and oxygen atoms in total. The molecule has 0 aliphatic heterocycles. The molecule has 1 aromatic carbocycles. The van der Waals surface area contributed by atoms with Gasteiger partial charge in [0.15, 0.2) is 0 Å². The lowest BCUT2D eigenvalue weighted by molar-refractivity contribution is 0.179. The van der Waals surface area contributed by atoms with E-state index in [1.54, 1.807) is 0 Å². The molecule has 1 aromatic rings. The molecule has 7 heteroatoms. The number of benzene rings is 1. The summed E-state index contributed by atoms with van der Waals surface area (Å²) in [5.74, 6) is -3.41. The number of alkyl halides is 2. The van der Waals surface area contributed by atoms with E-state index in [0.29, 0.717) is 18.7 Å². The number of halogens is 2. The van der Waals surface area contributed by atoms with E-state index in [4.69, 9.17) is 0 Å². The summed E-state index contributed by atoms with van der Waals surface area (Å²) in [6.45, 7) is 4.84. The van der Waals surface area contributed by atoms with Crippen LogP contribution in [0.3, 0.4) is 0 Å². The monoisotopic (exact) mass is 335 g/mol. The standard InChI is InChI=1S/C15H23F2NO3S/c1-3-15(4-2,9-10-19)11-18-12-5-7-13(8-6-12)22(20,21)14(16)17/h5-8,14,18-19H,3-4,9-11H2,1-2H3. The highest BCUT2D eigenvalue weighted by Crippen LogP contribution is 2.31. The minimum atomic E-state index is -4.55. The van der Waals surface area contributed by atoms with Crippen molar-refractivity contribution in [1.29, 1.82) is 0 Å². The number of hydrogen-bond acceptors (Lipinski definition) is 4. The molecule has 0 aromatic heterocycles. The number of aliphatic hydroxyl groups excluding tert-OH is 1. The third-order valence-electron chi connectivity index (χ3n) is 4.23. The van der Waals surface area contributed by atoms with Crippen LogP contribution in [0.1, 0.15) is 33.1 Å². The van der Waals surface area contributed by atoms with Crippen LogP contribution >= 0.6 is 0 Å². The average Bonchev–Trinajstić information content (AvgIpc) is 2.52. The molecule has 0 heterocycles. The van der Waals surface area contributed by atoms with E-state index in [0.717, 1.165) is 12.8 Å². The van der Waals surface area contributed by atoms with Gasteiger partial charge in [-0.1, -0.05) is 13.8 Å². The molecule has 0 saturated carbocycles. The zero-order chi connectivity index (χ0) is 16.8. The fourth-order valence-corrected chi connectivity index (χ4v) is 3.06. The molecule has 0 radical (unpaired) electrons. The van der Waals surface area contributed by atoms with Crippen molar-refractivity contribution in [2.24, 2.45) is 5.41 Å². The normalized spacial score (nSPS) is 12.6. The first kappa shape index (κ1) is 18.8. The Kier molecular flexibility index (Phi) is 6.74. The number of hydrogen-bond donors (Lipinski definition) is 2. The molecule has 0 spiro atoms. The molecule has 0 aliphatic carbocycles. The molecule has 22 heavy (non-hydrogen) atoms. The van der Waals surface area contributed by atoms with Gasteiger partial charge in [0.1, 0.15) is 0 Å². The highest BCUT2D eigenvalue weighted by molar-refractivity contribution is 7.91. The summed E-state index contributed by atoms with van der Waals surface area (Å²) >= 11 is 0. The lowest BCUT2D eigenvalue weighted by Crippen LogP contribution is -2.29. The Bertz CT molecular complexity index is 555. The predicted octanol–water partition coefficient (Wildman–Crippen LogP) is 3.28. The fraction of sp³-hybridized carbons (Fsp3) is 0.600. The van der Waals surface area contributed by atoms with Gasteiger partial charge < -0.3 is 10.4 Å². The van der Waals surface area contributed by atoms with Crippen LogP contribution < -0.4 is 5.32 Å². The second kappa shape index (κ2) is 7.87. The summed E-state index contributed by atoms with van der Waals surface area (Å²) in [5, 5.41) is 12.4. The summed E-state index contributed by atoms with van der Waals surface area (Å²) in [4.78, 5) is -0.388. The smallest absolute Gasteiger partial charge is 0.341 e. The van der Waals surface area contributed by atoms with Crippen molar-refractivity contribution in [3.05, 3.63) is 24.3 Å². The van der Waals surface area contributed by atoms with Crippen LogP contribution in [0.2, 0.25) is 0 Å². The molecule has 0 amide bonds. The third-order valence-corrected chi connectivity index (χ3v) is 5.63. The Morgan fingerprint density at radius 3 is 2.14 bits per heavy atom. The summed E-state index contributed by atoms with van der Waals surface area (Å²) in [6, 6.07) is 5.31. The number of nitrogens with one attached hydrogen (secondary N) is 1. The maximum absolute atomic E-state index is 12.5. The first-order chi connectivity index (χ1) is 10.3. The highest BCUT2D eigenvalue weighted by atomic mass is 32.2. The summed E-state index contributed by atoms with van der Waals surface area (Å²) in [5.41, 5.74) is 0.625. The van der Waals surface area contributed by atoms with Crippen molar-refractivity contribution >= 4 is 15.5 Å². The van der Waals surface area contributed by atoms with Crippen LogP contribution in [-0.2, 0) is 9.84 Å². The van der Waals surface area contributed by atoms with Gasteiger partial charge in [-0.15, -0.1) is 0 Å². The van der Waals surface area contributed by atoms with Crippen LogP contribution in [0.4, 0.5) is 14.5 Å². The van der Waals surface area contributed by atoms with E-state index in [1.807, 2.05) is 0 Å². The molecule has 0 bridgehead atoms. The maximum atomic E-state index is 12.5. The lowest BCUT2D eigenvalue weighted by Gasteiger charge is -2.31. The quantitative estimate of drug-likeness (QED) is 0.727. The Morgan fingerprint density at radius 1 is 1.18 bits per heavy atom. The van der Waals surface area contributed by atoms with Gasteiger partial charge in [0, 0.05) is 18.8 Å². The van der Waals surface area contributed by atoms with Gasteiger partial charge in [0.05, 0.1) is 4.90 Å². The molecule has 0 fully saturated rings. The van der Waals surface area contributed by atoms with Gasteiger partial charge >= 0.3 is 5.76 Å². The first-order valence-corrected chi connectivity index (χ1v) is 8.83. The Morgan fingerprint density at radius 2 is 1.73 bits per heavy atom. The van der Waals surface area contributed by atoms with Crippen LogP contribution in [0.25, 0.3) is 0 Å². The second-order valence-electron chi connectivity index (χ2n) is 5.36. The van der Waals surface area contributed by atoms with Gasteiger partial charge in [-0.2, -0.15) is 8.78 Å². The Hall–Kier alpha value is -1.21. The zero-order valence-electron chi connectivity index (χ0n) is 12.9. The molecule has 2 N–H and O–H groups in total. The summed E-state index contributed by atoms with van der Waals surface area (Å²) < 4.78 is 47.6. The van der Waals surface area contributed by atoms with Crippen molar-refractivity contribution in [3.8, 4) is 0 Å². The van der Waals surface area contributed by atoms with Crippen LogP contribution in [0.15, 0.2) is 29.2 Å². The fourth-order valence-electron chi connectivity index (χ4n) is 2.33. The van der Waals surface area contributed by atoms with Crippen molar-refractivity contribution in [2.75, 3.05) is 18.5 Å². The predicted molar refractivity (Wildman–Crippen MR) is 82.8 cm³/mol. The molecular formula is C15H23F2NO3S. The Labute approximate surface area is 130 Å². The van der Waals surface area contributed by atoms with Crippen molar-refractivity contribution in [3.63, 3.8) is 0 Å². The molecule has 0 unspecified atom stereocenters. The van der Waals surface area contributed by atoms with E-state index in [-0.39, 0.29) is 16.9 Å². The van der Waals surface area contributed by atoms with Crippen LogP contribution in [0, 0.1) is 5.41 Å². The van der Waals surface area contributed by atoms with Crippen molar-refractivity contribution in [2.45, 2.75) is 43.8 Å². The SMILES string of the molecule is CCC(CC)(CCO)CNc1ccc(S(=O)(=O)C(F)F)cc1. The Balaban J connectivity index is 2.80. The molecule has 0 atom stereocenters. The van der Waals surface area contributed by atoms with E-state index >= 15 is 0 Å². The second-order valence-corrected chi connectivity index (χ2v) is 7.28. The van der Waals surface area contributed by atoms with E-state index in [9.17, 15) is 22.3 Å². The molecule has 0 aliphatic rings. The van der Waals surface area contributed by atoms with Crippen LogP contribution in [0.5, 0.6) is 0 Å². The summed E-state index contributed by atoms with van der Waals surface area (Å²) in [7, 11) is -4.55. The van der Waals surface area contributed by atoms with Gasteiger partial charge in [0.25, 0.3) is 0 Å². The van der Waals surface area contributed by atoms with Gasteiger partial charge in [-0.05, 0) is 48.9 Å². The number of aliphatic hydroxyl groups is 1. The van der Waals surface area contributed by atoms with E-state index < -0.39 is 15.6 Å². The number of anilines is 1. The van der Waals surface area contributed by atoms with Crippen molar-refractivity contribution < 1.29 is 22.3 Å². The van der Waals surface area contributed by atoms with Crippen molar-refractivity contribution in [1.82, 2.24) is 0 Å². The number of sulfone groups is 1. The average molecular weight is 335 g/mol. The minimum Gasteiger partial charge on any atom is -0.396 e. The summed E-state index contributed by atoms with van der Waals surface area (Å²) in [6.07, 6.45) is 2.47. The van der Waals surface area contributed by atoms with E-state index in [2.05, 4.69) is 19.2 Å². The molecule has 1 rings (SSSR count).